The molecule has 0 aliphatic carbocycles. The Morgan fingerprint density at radius 1 is 1.22 bits per heavy atom. The predicted octanol–water partition coefficient (Wildman–Crippen LogP) is -0.174. The molecule has 0 amide bonds. The van der Waals surface area contributed by atoms with Crippen molar-refractivity contribution in [3.63, 3.8) is 0 Å². The Kier molecular flexibility index (Phi) is 11.8. The topological polar surface area (TPSA) is 35.5 Å². The molecule has 0 fully saturated rings. The maximum absolute atomic E-state index is 10.4. The summed E-state index contributed by atoms with van der Waals surface area (Å²) in [4.78, 5) is 0. The zero-order valence-electron chi connectivity index (χ0n) is 5.14. The SMILES string of the molecule is CCO[Si](=O)OCC.[NaH]. The number of hydrogen-bond donors (Lipinski definition) is 0. The van der Waals surface area contributed by atoms with Crippen LogP contribution in [0.1, 0.15) is 13.8 Å². The first-order chi connectivity index (χ1) is 3.81. The molecule has 0 N–H and O–H groups in total. The molecular formula is C4H11NaO3Si. The molecule has 0 radical (unpaired) electrons. The molecule has 5 heteroatoms. The fourth-order valence-electron chi connectivity index (χ4n) is 0.277. The third-order valence-corrected chi connectivity index (χ3v) is 1.57. The third-order valence-electron chi connectivity index (χ3n) is 0.524. The Balaban J connectivity index is 0. The van der Waals surface area contributed by atoms with Gasteiger partial charge in [-0.25, -0.2) is 0 Å². The van der Waals surface area contributed by atoms with Crippen molar-refractivity contribution in [3.8, 4) is 0 Å². The van der Waals surface area contributed by atoms with E-state index >= 15 is 0 Å². The second kappa shape index (κ2) is 8.62. The molecule has 0 heterocycles. The second-order valence-electron chi connectivity index (χ2n) is 1.12. The van der Waals surface area contributed by atoms with Gasteiger partial charge >= 0.3 is 38.7 Å². The van der Waals surface area contributed by atoms with Crippen molar-refractivity contribution in [1.29, 1.82) is 0 Å². The first kappa shape index (κ1) is 12.3. The third kappa shape index (κ3) is 8.62. The van der Waals surface area contributed by atoms with Crippen LogP contribution in [0.5, 0.6) is 0 Å². The van der Waals surface area contributed by atoms with E-state index < -0.39 is 9.17 Å². The van der Waals surface area contributed by atoms with Crippen LogP contribution in [0.15, 0.2) is 0 Å². The van der Waals surface area contributed by atoms with Crippen LogP contribution in [-0.4, -0.2) is 51.9 Å². The molecule has 3 nitrogen and oxygen atoms in total. The van der Waals surface area contributed by atoms with Gasteiger partial charge in [-0.05, 0) is 13.8 Å². The molecule has 0 aromatic rings. The summed E-state index contributed by atoms with van der Waals surface area (Å²) < 4.78 is 19.6. The van der Waals surface area contributed by atoms with Gasteiger partial charge in [0.25, 0.3) is 0 Å². The summed E-state index contributed by atoms with van der Waals surface area (Å²) in [5, 5.41) is 0. The van der Waals surface area contributed by atoms with E-state index in [1.165, 1.54) is 0 Å². The Labute approximate surface area is 78.9 Å². The second-order valence-corrected chi connectivity index (χ2v) is 2.19. The summed E-state index contributed by atoms with van der Waals surface area (Å²) in [6.07, 6.45) is 0. The molecule has 0 saturated heterocycles. The van der Waals surface area contributed by atoms with Gasteiger partial charge in [0.1, 0.15) is 0 Å². The van der Waals surface area contributed by atoms with Gasteiger partial charge in [0, 0.05) is 0 Å². The van der Waals surface area contributed by atoms with Crippen LogP contribution in [0.2, 0.25) is 0 Å². The van der Waals surface area contributed by atoms with Gasteiger partial charge in [-0.1, -0.05) is 0 Å². The van der Waals surface area contributed by atoms with Crippen LogP contribution >= 0.6 is 0 Å². The molecule has 0 bridgehead atoms. The predicted molar refractivity (Wildman–Crippen MR) is 36.8 cm³/mol. The Morgan fingerprint density at radius 3 is 1.78 bits per heavy atom. The quantitative estimate of drug-likeness (QED) is 0.533. The average molecular weight is 158 g/mol. The van der Waals surface area contributed by atoms with Crippen LogP contribution in [-0.2, 0) is 13.3 Å². The van der Waals surface area contributed by atoms with Crippen molar-refractivity contribution in [2.75, 3.05) is 13.2 Å². The summed E-state index contributed by atoms with van der Waals surface area (Å²) in [7, 11) is -2.14. The standard InChI is InChI=1S/C4H10O3Si.Na.H/c1-3-6-8(5)7-4-2;;/h3-4H2,1-2H3;;. The van der Waals surface area contributed by atoms with Crippen molar-refractivity contribution in [2.45, 2.75) is 13.8 Å². The summed E-state index contributed by atoms with van der Waals surface area (Å²) in [6, 6.07) is 0. The van der Waals surface area contributed by atoms with Gasteiger partial charge in [0.05, 0.1) is 13.2 Å². The molecular weight excluding hydrogens is 147 g/mol. The van der Waals surface area contributed by atoms with Gasteiger partial charge in [-0.15, -0.1) is 0 Å². The van der Waals surface area contributed by atoms with Crippen molar-refractivity contribution in [3.05, 3.63) is 0 Å². The van der Waals surface area contributed by atoms with E-state index in [0.29, 0.717) is 13.2 Å². The average Bonchev–Trinajstić information content (AvgIpc) is 1.68. The molecule has 50 valence electrons. The van der Waals surface area contributed by atoms with E-state index in [1.807, 2.05) is 0 Å². The van der Waals surface area contributed by atoms with E-state index in [-0.39, 0.29) is 29.6 Å². The van der Waals surface area contributed by atoms with Gasteiger partial charge in [-0.3, -0.25) is 4.46 Å². The number of rotatable bonds is 4. The Bertz CT molecular complexity index is 70.2. The van der Waals surface area contributed by atoms with Crippen LogP contribution in [0, 0.1) is 0 Å². The van der Waals surface area contributed by atoms with E-state index in [0.717, 1.165) is 0 Å². The molecule has 0 aromatic heterocycles. The molecule has 0 aromatic carbocycles. The minimum absolute atomic E-state index is 0. The molecule has 0 atom stereocenters. The first-order valence-electron chi connectivity index (χ1n) is 2.60. The van der Waals surface area contributed by atoms with Crippen LogP contribution in [0.25, 0.3) is 0 Å². The van der Waals surface area contributed by atoms with E-state index in [4.69, 9.17) is 0 Å². The normalized spacial score (nSPS) is 7.33. The summed E-state index contributed by atoms with van der Waals surface area (Å²) >= 11 is 0. The monoisotopic (exact) mass is 158 g/mol. The van der Waals surface area contributed by atoms with Crippen LogP contribution in [0.4, 0.5) is 0 Å². The Hall–Kier alpha value is 0.617. The molecule has 0 aliphatic heterocycles. The molecule has 9 heavy (non-hydrogen) atoms. The molecule has 0 rings (SSSR count). The van der Waals surface area contributed by atoms with E-state index in [2.05, 4.69) is 8.85 Å². The Morgan fingerprint density at radius 2 is 1.56 bits per heavy atom. The summed E-state index contributed by atoms with van der Waals surface area (Å²) in [5.74, 6) is 0. The number of hydrogen-bond acceptors (Lipinski definition) is 3. The van der Waals surface area contributed by atoms with Gasteiger partial charge in [-0.2, -0.15) is 0 Å². The first-order valence-corrected chi connectivity index (χ1v) is 3.83. The van der Waals surface area contributed by atoms with Crippen LogP contribution in [0.3, 0.4) is 0 Å². The minimum atomic E-state index is -2.14. The van der Waals surface area contributed by atoms with Gasteiger partial charge < -0.3 is 8.85 Å². The zero-order valence-corrected chi connectivity index (χ0v) is 6.14. The molecule has 0 unspecified atom stereocenters. The van der Waals surface area contributed by atoms with Crippen molar-refractivity contribution < 1.29 is 13.3 Å². The van der Waals surface area contributed by atoms with Gasteiger partial charge in [0.15, 0.2) is 0 Å². The zero-order chi connectivity index (χ0) is 6.41. The molecule has 0 spiro atoms. The van der Waals surface area contributed by atoms with E-state index in [1.54, 1.807) is 13.8 Å². The fourth-order valence-corrected chi connectivity index (χ4v) is 0.832. The molecule has 0 saturated carbocycles. The summed E-state index contributed by atoms with van der Waals surface area (Å²) in [6.45, 7) is 4.47. The van der Waals surface area contributed by atoms with Crippen molar-refractivity contribution in [1.82, 2.24) is 0 Å². The maximum atomic E-state index is 10.4. The van der Waals surface area contributed by atoms with Crippen molar-refractivity contribution >= 4 is 38.7 Å². The van der Waals surface area contributed by atoms with E-state index in [9.17, 15) is 4.46 Å². The van der Waals surface area contributed by atoms with Crippen molar-refractivity contribution in [2.24, 2.45) is 0 Å². The molecule has 0 aliphatic rings. The summed E-state index contributed by atoms with van der Waals surface area (Å²) in [5.41, 5.74) is 0. The van der Waals surface area contributed by atoms with Crippen LogP contribution < -0.4 is 0 Å². The fraction of sp³-hybridized carbons (Fsp3) is 1.00. The van der Waals surface area contributed by atoms with Gasteiger partial charge in [0.2, 0.25) is 0 Å².